The van der Waals surface area contributed by atoms with Crippen LogP contribution in [0.4, 0.5) is 10.1 Å². The van der Waals surface area contributed by atoms with E-state index in [1.807, 2.05) is 13.8 Å². The summed E-state index contributed by atoms with van der Waals surface area (Å²) in [4.78, 5) is 14.6. The number of pyridine rings is 1. The van der Waals surface area contributed by atoms with Crippen LogP contribution in [0.25, 0.3) is 10.9 Å². The highest BCUT2D eigenvalue weighted by atomic mass is 32.2. The van der Waals surface area contributed by atoms with E-state index in [2.05, 4.69) is 4.98 Å². The Balaban J connectivity index is 2.53. The molecule has 0 aliphatic rings. The van der Waals surface area contributed by atoms with E-state index in [0.717, 1.165) is 6.42 Å². The summed E-state index contributed by atoms with van der Waals surface area (Å²) in [5, 5.41) is 10.2. The van der Waals surface area contributed by atoms with E-state index in [0.29, 0.717) is 12.5 Å². The van der Waals surface area contributed by atoms with Crippen LogP contribution >= 0.6 is 0 Å². The van der Waals surface area contributed by atoms with Crippen LogP contribution in [-0.4, -0.2) is 30.0 Å². The molecule has 1 unspecified atom stereocenters. The second-order valence-electron chi connectivity index (χ2n) is 5.99. The number of nitrogens with zero attached hydrogens (tertiary/aromatic N) is 1. The molecular formula is C16H22FN3O3S. The van der Waals surface area contributed by atoms with Gasteiger partial charge in [-0.2, -0.15) is 0 Å². The van der Waals surface area contributed by atoms with Crippen LogP contribution < -0.4 is 14.6 Å². The monoisotopic (exact) mass is 355 g/mol. The third kappa shape index (κ3) is 3.69. The largest absolute Gasteiger partial charge is 0.506 e. The molecule has 1 heterocycles. The Morgan fingerprint density at radius 2 is 2.12 bits per heavy atom. The maximum Gasteiger partial charge on any atom is 0.290 e. The molecular weight excluding hydrogens is 333 g/mol. The van der Waals surface area contributed by atoms with Gasteiger partial charge in [0, 0.05) is 24.8 Å². The Bertz CT molecular complexity index is 835. The van der Waals surface area contributed by atoms with Crippen molar-refractivity contribution >= 4 is 27.5 Å². The smallest absolute Gasteiger partial charge is 0.290 e. The predicted molar refractivity (Wildman–Crippen MR) is 95.6 cm³/mol. The number of fused-ring (bicyclic) bond motifs is 1. The Hall–Kier alpha value is -2.09. The fraction of sp³-hybridized carbons (Fsp3) is 0.438. The van der Waals surface area contributed by atoms with Crippen LogP contribution in [0.2, 0.25) is 0 Å². The highest BCUT2D eigenvalue weighted by Crippen LogP contribution is 2.36. The van der Waals surface area contributed by atoms with Crippen molar-refractivity contribution < 1.29 is 14.2 Å². The van der Waals surface area contributed by atoms with Crippen LogP contribution in [0, 0.1) is 16.5 Å². The predicted octanol–water partition coefficient (Wildman–Crippen LogP) is 3.16. The van der Waals surface area contributed by atoms with E-state index >= 15 is 0 Å². The van der Waals surface area contributed by atoms with E-state index in [9.17, 15) is 14.3 Å². The number of hydrogen-bond acceptors (Lipinski definition) is 4. The summed E-state index contributed by atoms with van der Waals surface area (Å²) < 4.78 is 29.4. The van der Waals surface area contributed by atoms with Gasteiger partial charge in [0.2, 0.25) is 0 Å². The standard InChI is InChI=1S/C16H22FN3O3S/c1-9(2)5-6-23-13-7-10-11(19-16(13)22)8-12(21)15(14(10)17)20(3)24(4)18/h7-9,18,21H,5-6H2,1-4H3,(H,19,22). The number of benzene rings is 1. The number of aromatic nitrogens is 1. The van der Waals surface area contributed by atoms with Crippen molar-refractivity contribution in [1.29, 1.82) is 4.78 Å². The number of phenolic OH excluding ortho intramolecular Hbond substituents is 1. The summed E-state index contributed by atoms with van der Waals surface area (Å²) in [6.45, 7) is 4.45. The van der Waals surface area contributed by atoms with E-state index in [1.165, 1.54) is 23.5 Å². The van der Waals surface area contributed by atoms with Gasteiger partial charge in [-0.15, -0.1) is 0 Å². The highest BCUT2D eigenvalue weighted by molar-refractivity contribution is 7.86. The van der Waals surface area contributed by atoms with Gasteiger partial charge in [0.25, 0.3) is 5.56 Å². The van der Waals surface area contributed by atoms with Gasteiger partial charge in [-0.1, -0.05) is 13.8 Å². The Labute approximate surface area is 142 Å². The van der Waals surface area contributed by atoms with E-state index in [1.54, 1.807) is 6.26 Å². The molecule has 1 atom stereocenters. The highest BCUT2D eigenvalue weighted by Gasteiger charge is 2.19. The number of nitrogens with one attached hydrogen (secondary N) is 2. The van der Waals surface area contributed by atoms with E-state index in [4.69, 9.17) is 9.52 Å². The molecule has 0 fully saturated rings. The number of H-pyrrole nitrogens is 1. The van der Waals surface area contributed by atoms with Gasteiger partial charge >= 0.3 is 0 Å². The van der Waals surface area contributed by atoms with Crippen molar-refractivity contribution in [3.05, 3.63) is 28.3 Å². The quantitative estimate of drug-likeness (QED) is 0.742. The van der Waals surface area contributed by atoms with Crippen LogP contribution in [0.3, 0.4) is 0 Å². The maximum absolute atomic E-state index is 14.8. The Kier molecular flexibility index (Phi) is 5.48. The number of hydrogen-bond donors (Lipinski definition) is 3. The molecule has 2 rings (SSSR count). The van der Waals surface area contributed by atoms with Crippen molar-refractivity contribution in [3.8, 4) is 11.5 Å². The second kappa shape index (κ2) is 7.21. The first kappa shape index (κ1) is 18.3. The third-order valence-corrected chi connectivity index (χ3v) is 4.69. The molecule has 8 heteroatoms. The van der Waals surface area contributed by atoms with Crippen LogP contribution in [0.5, 0.6) is 11.5 Å². The van der Waals surface area contributed by atoms with Crippen molar-refractivity contribution in [2.75, 3.05) is 24.2 Å². The summed E-state index contributed by atoms with van der Waals surface area (Å²) >= 11 is 0. The maximum atomic E-state index is 14.8. The number of rotatable bonds is 6. The minimum atomic E-state index is -1.01. The number of halogens is 1. The number of anilines is 1. The Morgan fingerprint density at radius 3 is 2.71 bits per heavy atom. The van der Waals surface area contributed by atoms with Gasteiger partial charge < -0.3 is 19.1 Å². The molecule has 0 radical (unpaired) electrons. The minimum absolute atomic E-state index is 0.0442. The summed E-state index contributed by atoms with van der Waals surface area (Å²) in [6, 6.07) is 2.63. The molecule has 0 amide bonds. The molecule has 0 spiro atoms. The minimum Gasteiger partial charge on any atom is -0.506 e. The SMILES string of the molecule is CC(C)CCOc1cc2c(F)c(N(C)S(C)=N)c(O)cc2[nH]c1=O. The summed E-state index contributed by atoms with van der Waals surface area (Å²) in [5.41, 5.74) is -0.352. The fourth-order valence-electron chi connectivity index (χ4n) is 2.21. The molecule has 1 aromatic heterocycles. The normalized spacial score (nSPS) is 12.6. The Morgan fingerprint density at radius 1 is 1.46 bits per heavy atom. The molecule has 0 aliphatic heterocycles. The molecule has 0 bridgehead atoms. The topological polar surface area (TPSA) is 89.4 Å². The van der Waals surface area contributed by atoms with Gasteiger partial charge in [0.05, 0.1) is 12.1 Å². The van der Waals surface area contributed by atoms with Crippen molar-refractivity contribution in [2.24, 2.45) is 5.92 Å². The first-order valence-electron chi connectivity index (χ1n) is 7.54. The zero-order valence-electron chi connectivity index (χ0n) is 14.1. The average molecular weight is 355 g/mol. The van der Waals surface area contributed by atoms with Crippen LogP contribution in [-0.2, 0) is 10.9 Å². The van der Waals surface area contributed by atoms with Crippen molar-refractivity contribution in [3.63, 3.8) is 0 Å². The number of aromatic amines is 1. The van der Waals surface area contributed by atoms with Gasteiger partial charge in [-0.25, -0.2) is 4.39 Å². The summed E-state index contributed by atoms with van der Waals surface area (Å²) in [5.74, 6) is -0.539. The molecule has 1 aromatic carbocycles. The van der Waals surface area contributed by atoms with E-state index < -0.39 is 22.3 Å². The summed E-state index contributed by atoms with van der Waals surface area (Å²) in [7, 11) is 0.519. The molecule has 0 aliphatic carbocycles. The number of ether oxygens (including phenoxy) is 1. The number of phenols is 1. The lowest BCUT2D eigenvalue weighted by Crippen LogP contribution is -2.20. The first-order chi connectivity index (χ1) is 11.2. The molecule has 3 N–H and O–H groups in total. The van der Waals surface area contributed by atoms with Gasteiger partial charge in [0.15, 0.2) is 11.6 Å². The molecule has 0 saturated heterocycles. The number of aromatic hydroxyl groups is 1. The molecule has 0 saturated carbocycles. The van der Waals surface area contributed by atoms with Gasteiger partial charge in [-0.3, -0.25) is 9.57 Å². The first-order valence-corrected chi connectivity index (χ1v) is 9.13. The molecule has 132 valence electrons. The van der Waals surface area contributed by atoms with Crippen LogP contribution in [0.1, 0.15) is 20.3 Å². The zero-order valence-corrected chi connectivity index (χ0v) is 15.0. The van der Waals surface area contributed by atoms with Crippen LogP contribution in [0.15, 0.2) is 16.9 Å². The van der Waals surface area contributed by atoms with Crippen molar-refractivity contribution in [2.45, 2.75) is 20.3 Å². The lowest BCUT2D eigenvalue weighted by atomic mass is 10.1. The van der Waals surface area contributed by atoms with Gasteiger partial charge in [-0.05, 0) is 29.3 Å². The lowest BCUT2D eigenvalue weighted by molar-refractivity contribution is 0.286. The zero-order chi connectivity index (χ0) is 18.0. The second-order valence-corrected chi connectivity index (χ2v) is 7.49. The summed E-state index contributed by atoms with van der Waals surface area (Å²) in [6.07, 6.45) is 2.37. The molecule has 6 nitrogen and oxygen atoms in total. The fourth-order valence-corrected chi connectivity index (χ4v) is 2.66. The molecule has 24 heavy (non-hydrogen) atoms. The third-order valence-electron chi connectivity index (χ3n) is 3.68. The van der Waals surface area contributed by atoms with Gasteiger partial charge in [0.1, 0.15) is 11.4 Å². The van der Waals surface area contributed by atoms with Crippen molar-refractivity contribution in [1.82, 2.24) is 4.98 Å². The van der Waals surface area contributed by atoms with E-state index in [-0.39, 0.29) is 28.1 Å². The average Bonchev–Trinajstić information content (AvgIpc) is 2.47. The molecule has 2 aromatic rings. The lowest BCUT2D eigenvalue weighted by Gasteiger charge is -2.21.